The van der Waals surface area contributed by atoms with Gasteiger partial charge < -0.3 is 9.84 Å². The Morgan fingerprint density at radius 1 is 0.889 bits per heavy atom. The summed E-state index contributed by atoms with van der Waals surface area (Å²) in [5.41, 5.74) is -9.56. The summed E-state index contributed by atoms with van der Waals surface area (Å²) in [5.74, 6) is -15.9. The molecule has 0 aliphatic carbocycles. The van der Waals surface area contributed by atoms with E-state index < -0.39 is 53.3 Å². The Kier molecular flexibility index (Phi) is 8.56. The summed E-state index contributed by atoms with van der Waals surface area (Å²) in [6.45, 7) is 3.83. The number of nitrogens with zero attached hydrogens (tertiary/aromatic N) is 2. The number of nitriles is 2. The van der Waals surface area contributed by atoms with Crippen LogP contribution in [0.4, 0.5) is 43.9 Å². The largest absolute Gasteiger partial charge is 0.491 e. The van der Waals surface area contributed by atoms with E-state index in [-0.39, 0.29) is 22.8 Å². The Bertz CT molecular complexity index is 1130. The Hall–Kier alpha value is -3.26. The molecule has 0 aliphatic rings. The Labute approximate surface area is 198 Å². The van der Waals surface area contributed by atoms with Gasteiger partial charge in [-0.1, -0.05) is 17.7 Å². The minimum Gasteiger partial charge on any atom is -0.491 e. The highest BCUT2D eigenvalue weighted by Crippen LogP contribution is 2.53. The van der Waals surface area contributed by atoms with Crippen molar-refractivity contribution in [2.75, 3.05) is 6.61 Å². The molecule has 0 bridgehead atoms. The number of benzene rings is 1. The third kappa shape index (κ3) is 5.14. The maximum atomic E-state index is 14.8. The Morgan fingerprint density at radius 3 is 1.69 bits per heavy atom. The highest BCUT2D eigenvalue weighted by atomic mass is 19.4. The fourth-order valence-electron chi connectivity index (χ4n) is 3.34. The smallest absolute Gasteiger partial charge is 0.461 e. The lowest BCUT2D eigenvalue weighted by molar-refractivity contribution is -0.325. The van der Waals surface area contributed by atoms with Crippen LogP contribution in [0.15, 0.2) is 29.0 Å². The zero-order chi connectivity index (χ0) is 28.5. The van der Waals surface area contributed by atoms with Crippen molar-refractivity contribution in [3.8, 4) is 12.1 Å². The molecule has 0 aromatic heterocycles. The van der Waals surface area contributed by atoms with Gasteiger partial charge in [-0.15, -0.1) is 0 Å². The van der Waals surface area contributed by atoms with Gasteiger partial charge in [-0.25, -0.2) is 0 Å². The number of hydrogen-bond donors (Lipinski definition) is 1. The summed E-state index contributed by atoms with van der Waals surface area (Å²) in [4.78, 5) is 0. The van der Waals surface area contributed by atoms with E-state index in [1.165, 1.54) is 26.0 Å². The zero-order valence-electron chi connectivity index (χ0n) is 19.0. The van der Waals surface area contributed by atoms with Crippen molar-refractivity contribution >= 4 is 6.08 Å². The Morgan fingerprint density at radius 2 is 1.36 bits per heavy atom. The normalized spacial score (nSPS) is 16.0. The third-order valence-corrected chi connectivity index (χ3v) is 4.98. The van der Waals surface area contributed by atoms with Crippen LogP contribution in [0.5, 0.6) is 0 Å². The van der Waals surface area contributed by atoms with E-state index in [9.17, 15) is 59.5 Å². The molecular formula is C22H18F10N2O2. The lowest BCUT2D eigenvalue weighted by Crippen LogP contribution is -2.60. The van der Waals surface area contributed by atoms with E-state index >= 15 is 0 Å². The molecule has 0 radical (unpaired) electrons. The summed E-state index contributed by atoms with van der Waals surface area (Å²) in [6, 6.07) is 3.96. The summed E-state index contributed by atoms with van der Waals surface area (Å²) < 4.78 is 141. The highest BCUT2D eigenvalue weighted by Gasteiger charge is 2.75. The Balaban J connectivity index is 4.41. The average molecular weight is 532 g/mol. The van der Waals surface area contributed by atoms with Crippen molar-refractivity contribution in [1.82, 2.24) is 0 Å². The van der Waals surface area contributed by atoms with Crippen LogP contribution in [-0.2, 0) is 4.74 Å². The lowest BCUT2D eigenvalue weighted by atomic mass is 9.78. The quantitative estimate of drug-likeness (QED) is 0.249. The van der Waals surface area contributed by atoms with Crippen LogP contribution in [0, 0.1) is 43.4 Å². The van der Waals surface area contributed by atoms with Crippen molar-refractivity contribution < 1.29 is 53.7 Å². The van der Waals surface area contributed by atoms with Crippen LogP contribution in [0.25, 0.3) is 6.08 Å². The number of aliphatic hydroxyl groups is 1. The van der Waals surface area contributed by atoms with Crippen molar-refractivity contribution in [3.63, 3.8) is 0 Å². The second kappa shape index (κ2) is 10.0. The number of allylic oxidation sites excluding steroid dienone is 1. The molecule has 1 N–H and O–H groups in total. The van der Waals surface area contributed by atoms with E-state index in [1.807, 2.05) is 0 Å². The van der Waals surface area contributed by atoms with Crippen LogP contribution >= 0.6 is 0 Å². The number of alkyl halides is 10. The predicted molar refractivity (Wildman–Crippen MR) is 105 cm³/mol. The van der Waals surface area contributed by atoms with Gasteiger partial charge in [0.2, 0.25) is 5.60 Å². The number of hydrogen-bond acceptors (Lipinski definition) is 4. The molecule has 1 unspecified atom stereocenters. The first-order valence-electron chi connectivity index (χ1n) is 9.74. The summed E-state index contributed by atoms with van der Waals surface area (Å²) >= 11 is 0. The van der Waals surface area contributed by atoms with Crippen molar-refractivity contribution in [2.24, 2.45) is 0 Å². The van der Waals surface area contributed by atoms with E-state index in [1.54, 1.807) is 6.92 Å². The predicted octanol–water partition coefficient (Wildman–Crippen LogP) is 6.46. The van der Waals surface area contributed by atoms with E-state index in [2.05, 4.69) is 4.74 Å². The molecule has 0 aliphatic heterocycles. The monoisotopic (exact) mass is 532 g/mol. The molecule has 0 saturated carbocycles. The maximum Gasteiger partial charge on any atom is 0.461 e. The second-order valence-corrected chi connectivity index (χ2v) is 7.59. The number of ether oxygens (including phenoxy) is 1. The molecule has 0 heterocycles. The minimum absolute atomic E-state index is 0.158. The van der Waals surface area contributed by atoms with E-state index in [0.29, 0.717) is 11.6 Å². The summed E-state index contributed by atoms with van der Waals surface area (Å²) in [5, 5.41) is 29.4. The van der Waals surface area contributed by atoms with Crippen LogP contribution in [-0.4, -0.2) is 41.5 Å². The third-order valence-electron chi connectivity index (χ3n) is 4.98. The van der Waals surface area contributed by atoms with Gasteiger partial charge in [-0.05, 0) is 50.5 Å². The fraction of sp³-hybridized carbons (Fsp3) is 0.455. The van der Waals surface area contributed by atoms with Gasteiger partial charge in [0, 0.05) is 0 Å². The molecule has 0 fully saturated rings. The zero-order valence-corrected chi connectivity index (χ0v) is 19.0. The molecule has 36 heavy (non-hydrogen) atoms. The molecule has 1 atom stereocenters. The SMILES string of the molecule is CCO/C(=C(/C#N)C(O)(/C(C#N)=C/c1c(C)cc(C)cc1C)C(F)(F)C(F)(F)F)C(F)(F)C(F)(F)F. The first-order chi connectivity index (χ1) is 16.1. The molecule has 14 heteroatoms. The molecule has 198 valence electrons. The maximum absolute atomic E-state index is 14.8. The molecule has 1 rings (SSSR count). The second-order valence-electron chi connectivity index (χ2n) is 7.59. The molecule has 0 saturated heterocycles. The van der Waals surface area contributed by atoms with Crippen LogP contribution < -0.4 is 0 Å². The van der Waals surface area contributed by atoms with E-state index in [4.69, 9.17) is 0 Å². The van der Waals surface area contributed by atoms with Gasteiger partial charge in [-0.3, -0.25) is 0 Å². The van der Waals surface area contributed by atoms with Crippen molar-refractivity contribution in [3.05, 3.63) is 51.3 Å². The van der Waals surface area contributed by atoms with Gasteiger partial charge in [0.05, 0.1) is 18.2 Å². The molecule has 0 spiro atoms. The fourth-order valence-corrected chi connectivity index (χ4v) is 3.34. The van der Waals surface area contributed by atoms with Crippen LogP contribution in [0.1, 0.15) is 29.2 Å². The van der Waals surface area contributed by atoms with Gasteiger partial charge in [0.15, 0.2) is 5.76 Å². The number of aryl methyl sites for hydroxylation is 3. The topological polar surface area (TPSA) is 77.0 Å². The first kappa shape index (κ1) is 30.8. The number of rotatable bonds is 7. The van der Waals surface area contributed by atoms with Gasteiger partial charge >= 0.3 is 24.2 Å². The van der Waals surface area contributed by atoms with Crippen molar-refractivity contribution in [2.45, 2.75) is 57.5 Å². The number of halogens is 10. The van der Waals surface area contributed by atoms with Crippen LogP contribution in [0.2, 0.25) is 0 Å². The summed E-state index contributed by atoms with van der Waals surface area (Å²) in [7, 11) is 0. The molecular weight excluding hydrogens is 514 g/mol. The van der Waals surface area contributed by atoms with Gasteiger partial charge in [0.25, 0.3) is 0 Å². The van der Waals surface area contributed by atoms with E-state index in [0.717, 1.165) is 13.0 Å². The molecule has 1 aromatic carbocycles. The summed E-state index contributed by atoms with van der Waals surface area (Å²) in [6.07, 6.45) is -13.2. The van der Waals surface area contributed by atoms with Crippen LogP contribution in [0.3, 0.4) is 0 Å². The molecule has 4 nitrogen and oxygen atoms in total. The molecule has 0 amide bonds. The lowest BCUT2D eigenvalue weighted by Gasteiger charge is -2.37. The van der Waals surface area contributed by atoms with Gasteiger partial charge in [-0.2, -0.15) is 54.4 Å². The van der Waals surface area contributed by atoms with Crippen molar-refractivity contribution in [1.29, 1.82) is 10.5 Å². The van der Waals surface area contributed by atoms with Gasteiger partial charge in [0.1, 0.15) is 11.6 Å². The molecule has 1 aromatic rings. The highest BCUT2D eigenvalue weighted by molar-refractivity contribution is 5.69. The average Bonchev–Trinajstić information content (AvgIpc) is 2.71. The minimum atomic E-state index is -6.83. The standard InChI is InChI=1S/C22H18F10N2O2/c1-5-36-17(19(23,24)21(27,28)29)16(10-34)18(35,20(25,26)22(30,31)32)14(9-33)8-15-12(3)6-11(2)7-13(15)4/h6-8,35H,5H2,1-4H3/b14-8+,17-16-. The first-order valence-corrected chi connectivity index (χ1v) is 9.74.